The molecule has 0 bridgehead atoms. The Labute approximate surface area is 169 Å². The van der Waals surface area contributed by atoms with Crippen LogP contribution in [0.3, 0.4) is 0 Å². The van der Waals surface area contributed by atoms with Crippen LogP contribution in [-0.4, -0.2) is 35.6 Å². The van der Waals surface area contributed by atoms with Crippen molar-refractivity contribution in [2.75, 3.05) is 13.1 Å². The van der Waals surface area contributed by atoms with Crippen LogP contribution in [0.5, 0.6) is 11.5 Å². The number of amides is 2. The lowest BCUT2D eigenvalue weighted by molar-refractivity contribution is -0.144. The van der Waals surface area contributed by atoms with Crippen molar-refractivity contribution < 1.29 is 19.1 Å². The second-order valence-corrected chi connectivity index (χ2v) is 7.84. The summed E-state index contributed by atoms with van der Waals surface area (Å²) < 4.78 is 5.77. The molecule has 0 radical (unpaired) electrons. The molecular formula is C23H24N2O4. The van der Waals surface area contributed by atoms with Crippen molar-refractivity contribution >= 4 is 17.6 Å². The molecule has 4 rings (SSSR count). The largest absolute Gasteiger partial charge is 0.457 e. The average molecular weight is 392 g/mol. The van der Waals surface area contributed by atoms with Gasteiger partial charge in [0.25, 0.3) is 0 Å². The zero-order valence-electron chi connectivity index (χ0n) is 16.2. The van der Waals surface area contributed by atoms with Gasteiger partial charge >= 0.3 is 0 Å². The molecule has 2 aliphatic rings. The summed E-state index contributed by atoms with van der Waals surface area (Å²) in [6.07, 6.45) is 2.50. The number of nitrogens with two attached hydrogens (primary N) is 1. The van der Waals surface area contributed by atoms with E-state index in [9.17, 15) is 14.4 Å². The predicted molar refractivity (Wildman–Crippen MR) is 107 cm³/mol. The second-order valence-electron chi connectivity index (χ2n) is 7.84. The van der Waals surface area contributed by atoms with Gasteiger partial charge in [-0.25, -0.2) is 0 Å². The van der Waals surface area contributed by atoms with Gasteiger partial charge in [-0.3, -0.25) is 14.4 Å². The van der Waals surface area contributed by atoms with Crippen molar-refractivity contribution in [2.24, 2.45) is 17.1 Å². The van der Waals surface area contributed by atoms with Gasteiger partial charge in [0.1, 0.15) is 16.9 Å². The molecule has 1 atom stereocenters. The number of carbonyl (C=O) groups is 3. The van der Waals surface area contributed by atoms with Crippen molar-refractivity contribution in [1.82, 2.24) is 4.90 Å². The van der Waals surface area contributed by atoms with E-state index in [0.717, 1.165) is 18.6 Å². The number of piperidine rings is 1. The Morgan fingerprint density at radius 1 is 0.966 bits per heavy atom. The molecule has 1 saturated heterocycles. The maximum absolute atomic E-state index is 13.0. The molecule has 2 fully saturated rings. The lowest BCUT2D eigenvalue weighted by Crippen LogP contribution is -2.48. The summed E-state index contributed by atoms with van der Waals surface area (Å²) in [6, 6.07) is 16.5. The molecule has 2 aromatic carbocycles. The van der Waals surface area contributed by atoms with Crippen LogP contribution < -0.4 is 10.5 Å². The monoisotopic (exact) mass is 392 g/mol. The SMILES string of the molecule is NC(=O)C1(C(=O)N2CCCC(C(=O)c3ccc(Oc4ccccc4)cc3)C2)CC1. The molecule has 6 nitrogen and oxygen atoms in total. The van der Waals surface area contributed by atoms with Gasteiger partial charge in [0, 0.05) is 24.6 Å². The number of likely N-dealkylation sites (tertiary alicyclic amines) is 1. The molecule has 0 aromatic heterocycles. The third kappa shape index (κ3) is 3.88. The maximum Gasteiger partial charge on any atom is 0.238 e. The molecule has 1 aliphatic carbocycles. The first-order valence-corrected chi connectivity index (χ1v) is 9.96. The van der Waals surface area contributed by atoms with Crippen LogP contribution in [0.1, 0.15) is 36.0 Å². The minimum atomic E-state index is -1.03. The summed E-state index contributed by atoms with van der Waals surface area (Å²) in [6.45, 7) is 0.913. The quantitative estimate of drug-likeness (QED) is 0.604. The Morgan fingerprint density at radius 3 is 2.24 bits per heavy atom. The fourth-order valence-electron chi connectivity index (χ4n) is 3.92. The predicted octanol–water partition coefficient (Wildman–Crippen LogP) is 3.17. The number of ether oxygens (including phenoxy) is 1. The number of primary amides is 1. The average Bonchev–Trinajstić information content (AvgIpc) is 3.56. The van der Waals surface area contributed by atoms with Crippen LogP contribution in [0, 0.1) is 11.3 Å². The van der Waals surface area contributed by atoms with Crippen LogP contribution in [0.4, 0.5) is 0 Å². The fraction of sp³-hybridized carbons (Fsp3) is 0.348. The molecule has 1 unspecified atom stereocenters. The summed E-state index contributed by atoms with van der Waals surface area (Å²) in [5.74, 6) is 0.371. The molecule has 2 N–H and O–H groups in total. The fourth-order valence-corrected chi connectivity index (χ4v) is 3.92. The number of para-hydroxylation sites is 1. The Bertz CT molecular complexity index is 920. The smallest absolute Gasteiger partial charge is 0.238 e. The maximum atomic E-state index is 13.0. The van der Waals surface area contributed by atoms with E-state index in [2.05, 4.69) is 0 Å². The molecule has 6 heteroatoms. The second kappa shape index (κ2) is 7.70. The Hall–Kier alpha value is -3.15. The number of rotatable bonds is 6. The number of nitrogens with zero attached hydrogens (tertiary/aromatic N) is 1. The van der Waals surface area contributed by atoms with Gasteiger partial charge in [-0.1, -0.05) is 18.2 Å². The normalized spacial score (nSPS) is 20.0. The number of benzene rings is 2. The molecule has 2 aromatic rings. The highest BCUT2D eigenvalue weighted by Crippen LogP contribution is 2.47. The molecule has 1 saturated carbocycles. The van der Waals surface area contributed by atoms with E-state index in [4.69, 9.17) is 10.5 Å². The zero-order chi connectivity index (χ0) is 20.4. The van der Waals surface area contributed by atoms with Crippen molar-refractivity contribution in [1.29, 1.82) is 0 Å². The topological polar surface area (TPSA) is 89.7 Å². The van der Waals surface area contributed by atoms with Crippen molar-refractivity contribution in [2.45, 2.75) is 25.7 Å². The first kappa shape index (κ1) is 19.2. The van der Waals surface area contributed by atoms with E-state index in [1.807, 2.05) is 30.3 Å². The van der Waals surface area contributed by atoms with Crippen LogP contribution in [0.25, 0.3) is 0 Å². The third-order valence-electron chi connectivity index (χ3n) is 5.83. The first-order chi connectivity index (χ1) is 14.0. The third-order valence-corrected chi connectivity index (χ3v) is 5.83. The molecule has 1 heterocycles. The van der Waals surface area contributed by atoms with E-state index in [-0.39, 0.29) is 17.6 Å². The molecule has 29 heavy (non-hydrogen) atoms. The number of hydrogen-bond acceptors (Lipinski definition) is 4. The Morgan fingerprint density at radius 2 is 1.62 bits per heavy atom. The lowest BCUT2D eigenvalue weighted by Gasteiger charge is -2.34. The molecule has 150 valence electrons. The van der Waals surface area contributed by atoms with Gasteiger partial charge < -0.3 is 15.4 Å². The highest BCUT2D eigenvalue weighted by atomic mass is 16.5. The minimum absolute atomic E-state index is 0.0117. The lowest BCUT2D eigenvalue weighted by atomic mass is 9.89. The number of hydrogen-bond donors (Lipinski definition) is 1. The molecular weight excluding hydrogens is 368 g/mol. The van der Waals surface area contributed by atoms with E-state index >= 15 is 0 Å². The Balaban J connectivity index is 1.41. The molecule has 0 spiro atoms. The van der Waals surface area contributed by atoms with Crippen LogP contribution >= 0.6 is 0 Å². The first-order valence-electron chi connectivity index (χ1n) is 9.96. The van der Waals surface area contributed by atoms with Crippen molar-refractivity contribution in [3.63, 3.8) is 0 Å². The highest BCUT2D eigenvalue weighted by molar-refractivity contribution is 6.07. The number of carbonyl (C=O) groups excluding carboxylic acids is 3. The Kier molecular flexibility index (Phi) is 5.09. The highest BCUT2D eigenvalue weighted by Gasteiger charge is 2.57. The van der Waals surface area contributed by atoms with Crippen molar-refractivity contribution in [3.05, 3.63) is 60.2 Å². The van der Waals surface area contributed by atoms with E-state index < -0.39 is 11.3 Å². The van der Waals surface area contributed by atoms with Gasteiger partial charge in [-0.05, 0) is 62.1 Å². The minimum Gasteiger partial charge on any atom is -0.457 e. The number of ketones is 1. The summed E-state index contributed by atoms with van der Waals surface area (Å²) in [5, 5.41) is 0. The van der Waals surface area contributed by atoms with Gasteiger partial charge in [0.2, 0.25) is 11.8 Å². The standard InChI is InChI=1S/C23H24N2O4/c24-21(27)23(12-13-23)22(28)25-14-4-5-17(15-25)20(26)16-8-10-19(11-9-16)29-18-6-2-1-3-7-18/h1-3,6-11,17H,4-5,12-15H2,(H2,24,27). The number of Topliss-reactive ketones (excluding diaryl/α,β-unsaturated/α-hetero) is 1. The van der Waals surface area contributed by atoms with E-state index in [1.165, 1.54) is 0 Å². The van der Waals surface area contributed by atoms with Gasteiger partial charge in [-0.2, -0.15) is 0 Å². The summed E-state index contributed by atoms with van der Waals surface area (Å²) in [4.78, 5) is 39.0. The van der Waals surface area contributed by atoms with Gasteiger partial charge in [0.05, 0.1) is 0 Å². The van der Waals surface area contributed by atoms with Gasteiger partial charge in [-0.15, -0.1) is 0 Å². The molecule has 1 aliphatic heterocycles. The van der Waals surface area contributed by atoms with E-state index in [1.54, 1.807) is 29.2 Å². The van der Waals surface area contributed by atoms with Crippen LogP contribution in [-0.2, 0) is 9.59 Å². The van der Waals surface area contributed by atoms with Crippen molar-refractivity contribution in [3.8, 4) is 11.5 Å². The summed E-state index contributed by atoms with van der Waals surface area (Å²) in [5.41, 5.74) is 5.00. The molecule has 2 amide bonds. The summed E-state index contributed by atoms with van der Waals surface area (Å²) >= 11 is 0. The van der Waals surface area contributed by atoms with Crippen LogP contribution in [0.2, 0.25) is 0 Å². The van der Waals surface area contributed by atoms with Gasteiger partial charge in [0.15, 0.2) is 5.78 Å². The summed E-state index contributed by atoms with van der Waals surface area (Å²) in [7, 11) is 0. The zero-order valence-corrected chi connectivity index (χ0v) is 16.2. The van der Waals surface area contributed by atoms with Crippen LogP contribution in [0.15, 0.2) is 54.6 Å². The van der Waals surface area contributed by atoms with E-state index in [0.29, 0.717) is 37.2 Å².